The lowest BCUT2D eigenvalue weighted by atomic mass is 10.1. The van der Waals surface area contributed by atoms with E-state index in [1.54, 1.807) is 17.0 Å². The number of carboxylic acids is 1. The molecule has 2 rings (SSSR count). The van der Waals surface area contributed by atoms with E-state index in [4.69, 9.17) is 9.84 Å². The molecule has 1 heterocycles. The minimum Gasteiger partial charge on any atom is -0.478 e. The molecule has 1 amide bonds. The highest BCUT2D eigenvalue weighted by Gasteiger charge is 2.26. The van der Waals surface area contributed by atoms with Gasteiger partial charge in [-0.25, -0.2) is 4.79 Å². The zero-order valence-electron chi connectivity index (χ0n) is 10.8. The highest BCUT2D eigenvalue weighted by Crippen LogP contribution is 2.15. The molecule has 0 radical (unpaired) electrons. The maximum Gasteiger partial charge on any atom is 0.335 e. The summed E-state index contributed by atoms with van der Waals surface area (Å²) in [4.78, 5) is 24.9. The molecule has 1 aliphatic rings. The van der Waals surface area contributed by atoms with Crippen LogP contribution in [0.5, 0.6) is 0 Å². The van der Waals surface area contributed by atoms with Crippen molar-refractivity contribution >= 4 is 11.9 Å². The van der Waals surface area contributed by atoms with E-state index in [-0.39, 0.29) is 17.5 Å². The van der Waals surface area contributed by atoms with Gasteiger partial charge in [0.05, 0.1) is 24.8 Å². The lowest BCUT2D eigenvalue weighted by Crippen LogP contribution is -2.48. The van der Waals surface area contributed by atoms with E-state index in [0.29, 0.717) is 25.3 Å². The number of carbonyl (C=O) groups is 2. The molecule has 5 nitrogen and oxygen atoms in total. The molecule has 0 aliphatic carbocycles. The van der Waals surface area contributed by atoms with E-state index in [1.807, 2.05) is 6.92 Å². The maximum absolute atomic E-state index is 12.4. The first-order valence-electron chi connectivity index (χ1n) is 6.35. The molecular weight excluding hydrogens is 246 g/mol. The fraction of sp³-hybridized carbons (Fsp3) is 0.429. The van der Waals surface area contributed by atoms with Crippen LogP contribution >= 0.6 is 0 Å². The summed E-state index contributed by atoms with van der Waals surface area (Å²) < 4.78 is 5.37. The van der Waals surface area contributed by atoms with Gasteiger partial charge in [0, 0.05) is 12.1 Å². The Morgan fingerprint density at radius 2 is 1.95 bits per heavy atom. The summed E-state index contributed by atoms with van der Waals surface area (Å²) in [5, 5.41) is 8.83. The van der Waals surface area contributed by atoms with Crippen molar-refractivity contribution in [3.05, 3.63) is 35.4 Å². The number of hydrogen-bond donors (Lipinski definition) is 1. The summed E-state index contributed by atoms with van der Waals surface area (Å²) in [5.41, 5.74) is 0.705. The van der Waals surface area contributed by atoms with Crippen LogP contribution in [0.25, 0.3) is 0 Å². The summed E-state index contributed by atoms with van der Waals surface area (Å²) in [6.45, 7) is 3.72. The van der Waals surface area contributed by atoms with Gasteiger partial charge in [0.15, 0.2) is 0 Å². The van der Waals surface area contributed by atoms with Gasteiger partial charge in [0.1, 0.15) is 0 Å². The Bertz CT molecular complexity index is 469. The quantitative estimate of drug-likeness (QED) is 0.900. The monoisotopic (exact) mass is 263 g/mol. The first kappa shape index (κ1) is 13.5. The van der Waals surface area contributed by atoms with Crippen molar-refractivity contribution in [2.75, 3.05) is 19.8 Å². The largest absolute Gasteiger partial charge is 0.478 e. The van der Waals surface area contributed by atoms with E-state index in [0.717, 1.165) is 6.42 Å². The van der Waals surface area contributed by atoms with Crippen LogP contribution in [0.1, 0.15) is 34.1 Å². The normalized spacial score (nSPS) is 19.2. The summed E-state index contributed by atoms with van der Waals surface area (Å²) in [6, 6.07) is 6.14. The fourth-order valence-electron chi connectivity index (χ4n) is 2.18. The molecule has 1 aromatic carbocycles. The van der Waals surface area contributed by atoms with Crippen molar-refractivity contribution in [3.8, 4) is 0 Å². The lowest BCUT2D eigenvalue weighted by Gasteiger charge is -2.35. The SMILES string of the molecule is CC[C@@H]1COCCN1C(=O)c1ccc(C(=O)O)cc1. The van der Waals surface area contributed by atoms with Gasteiger partial charge in [-0.3, -0.25) is 4.79 Å². The number of ether oxygens (including phenoxy) is 1. The van der Waals surface area contributed by atoms with Crippen LogP contribution in [0.2, 0.25) is 0 Å². The van der Waals surface area contributed by atoms with E-state index >= 15 is 0 Å². The Labute approximate surface area is 111 Å². The predicted octanol–water partition coefficient (Wildman–Crippen LogP) is 1.64. The van der Waals surface area contributed by atoms with Gasteiger partial charge in [-0.15, -0.1) is 0 Å². The average Bonchev–Trinajstić information content (AvgIpc) is 2.46. The molecule has 19 heavy (non-hydrogen) atoms. The molecule has 1 N–H and O–H groups in total. The van der Waals surface area contributed by atoms with Gasteiger partial charge >= 0.3 is 5.97 Å². The number of hydrogen-bond acceptors (Lipinski definition) is 3. The van der Waals surface area contributed by atoms with Crippen LogP contribution in [0, 0.1) is 0 Å². The van der Waals surface area contributed by atoms with E-state index < -0.39 is 5.97 Å². The number of carboxylic acid groups (broad SMARTS) is 1. The molecule has 102 valence electrons. The third-order valence-electron chi connectivity index (χ3n) is 3.34. The zero-order chi connectivity index (χ0) is 13.8. The minimum absolute atomic E-state index is 0.0629. The van der Waals surface area contributed by atoms with Gasteiger partial charge in [-0.1, -0.05) is 6.92 Å². The van der Waals surface area contributed by atoms with Crippen molar-refractivity contribution in [1.82, 2.24) is 4.90 Å². The van der Waals surface area contributed by atoms with Crippen molar-refractivity contribution in [3.63, 3.8) is 0 Å². The van der Waals surface area contributed by atoms with Gasteiger partial charge in [0.2, 0.25) is 0 Å². The number of carbonyl (C=O) groups excluding carboxylic acids is 1. The maximum atomic E-state index is 12.4. The van der Waals surface area contributed by atoms with E-state index in [1.165, 1.54) is 12.1 Å². The molecule has 1 fully saturated rings. The Morgan fingerprint density at radius 1 is 1.32 bits per heavy atom. The van der Waals surface area contributed by atoms with Gasteiger partial charge in [-0.05, 0) is 30.7 Å². The average molecular weight is 263 g/mol. The standard InChI is InChI=1S/C14H17NO4/c1-2-12-9-19-8-7-15(12)13(16)10-3-5-11(6-4-10)14(17)18/h3-6,12H,2,7-9H2,1H3,(H,17,18)/t12-/m1/s1. The number of aromatic carboxylic acids is 1. The topological polar surface area (TPSA) is 66.8 Å². The third kappa shape index (κ3) is 2.93. The number of amides is 1. The van der Waals surface area contributed by atoms with Crippen molar-refractivity contribution in [2.45, 2.75) is 19.4 Å². The fourth-order valence-corrected chi connectivity index (χ4v) is 2.18. The van der Waals surface area contributed by atoms with E-state index in [2.05, 4.69) is 0 Å². The van der Waals surface area contributed by atoms with Crippen molar-refractivity contribution in [2.24, 2.45) is 0 Å². The second-order valence-electron chi connectivity index (χ2n) is 4.52. The molecular formula is C14H17NO4. The number of benzene rings is 1. The molecule has 0 saturated carbocycles. The molecule has 1 aromatic rings. The highest BCUT2D eigenvalue weighted by molar-refractivity contribution is 5.96. The number of rotatable bonds is 3. The van der Waals surface area contributed by atoms with Crippen LogP contribution in [-0.4, -0.2) is 47.7 Å². The predicted molar refractivity (Wildman–Crippen MR) is 69.3 cm³/mol. The van der Waals surface area contributed by atoms with Gasteiger partial charge in [-0.2, -0.15) is 0 Å². The van der Waals surface area contributed by atoms with Gasteiger partial charge in [0.25, 0.3) is 5.91 Å². The zero-order valence-corrected chi connectivity index (χ0v) is 10.8. The second-order valence-corrected chi connectivity index (χ2v) is 4.52. The molecule has 0 unspecified atom stereocenters. The van der Waals surface area contributed by atoms with Crippen molar-refractivity contribution in [1.29, 1.82) is 0 Å². The van der Waals surface area contributed by atoms with Crippen LogP contribution in [-0.2, 0) is 4.74 Å². The first-order chi connectivity index (χ1) is 9.13. The highest BCUT2D eigenvalue weighted by atomic mass is 16.5. The molecule has 1 atom stereocenters. The number of nitrogens with zero attached hydrogens (tertiary/aromatic N) is 1. The molecule has 0 spiro atoms. The third-order valence-corrected chi connectivity index (χ3v) is 3.34. The Hall–Kier alpha value is -1.88. The molecule has 1 saturated heterocycles. The van der Waals surface area contributed by atoms with Crippen molar-refractivity contribution < 1.29 is 19.4 Å². The minimum atomic E-state index is -0.989. The molecule has 0 aromatic heterocycles. The first-order valence-corrected chi connectivity index (χ1v) is 6.35. The van der Waals surface area contributed by atoms with Crippen LogP contribution in [0.3, 0.4) is 0 Å². The van der Waals surface area contributed by atoms with Crippen LogP contribution < -0.4 is 0 Å². The van der Waals surface area contributed by atoms with Crippen LogP contribution in [0.4, 0.5) is 0 Å². The molecule has 0 bridgehead atoms. The molecule has 5 heteroatoms. The molecule has 1 aliphatic heterocycles. The number of morpholine rings is 1. The van der Waals surface area contributed by atoms with Crippen LogP contribution in [0.15, 0.2) is 24.3 Å². The lowest BCUT2D eigenvalue weighted by molar-refractivity contribution is -0.00280. The smallest absolute Gasteiger partial charge is 0.335 e. The Morgan fingerprint density at radius 3 is 2.53 bits per heavy atom. The Kier molecular flexibility index (Phi) is 4.16. The summed E-state index contributed by atoms with van der Waals surface area (Å²) >= 11 is 0. The summed E-state index contributed by atoms with van der Waals surface area (Å²) in [6.07, 6.45) is 0.846. The Balaban J connectivity index is 2.16. The summed E-state index contributed by atoms with van der Waals surface area (Å²) in [5.74, 6) is -1.05. The van der Waals surface area contributed by atoms with E-state index in [9.17, 15) is 9.59 Å². The second kappa shape index (κ2) is 5.84. The summed E-state index contributed by atoms with van der Waals surface area (Å²) in [7, 11) is 0. The van der Waals surface area contributed by atoms with Gasteiger partial charge < -0.3 is 14.7 Å².